The summed E-state index contributed by atoms with van der Waals surface area (Å²) in [6.07, 6.45) is -0.941. The number of ether oxygens (including phenoxy) is 2. The molecule has 8 rings (SSSR count). The van der Waals surface area contributed by atoms with E-state index in [-0.39, 0.29) is 24.3 Å². The molecule has 8 nitrogen and oxygen atoms in total. The highest BCUT2D eigenvalue weighted by molar-refractivity contribution is 6.31. The Hall–Kier alpha value is -3.43. The lowest BCUT2D eigenvalue weighted by Crippen LogP contribution is -2.59. The summed E-state index contributed by atoms with van der Waals surface area (Å²) < 4.78 is 17.7. The second-order valence-electron chi connectivity index (χ2n) is 10.3. The van der Waals surface area contributed by atoms with Gasteiger partial charge in [0.25, 0.3) is 5.91 Å². The fraction of sp³-hybridized carbons (Fsp3) is 0.321. The number of para-hydroxylation sites is 2. The molecule has 5 atom stereocenters. The van der Waals surface area contributed by atoms with Gasteiger partial charge in [0, 0.05) is 46.7 Å². The van der Waals surface area contributed by atoms with Crippen molar-refractivity contribution in [1.82, 2.24) is 19.8 Å². The molecular weight excluding hydrogens is 456 g/mol. The van der Waals surface area contributed by atoms with Gasteiger partial charge in [-0.25, -0.2) is 0 Å². The van der Waals surface area contributed by atoms with Crippen LogP contribution in [0.25, 0.3) is 43.6 Å². The third kappa shape index (κ3) is 2.15. The number of hydrogen-bond donors (Lipinski definition) is 3. The highest BCUT2D eigenvalue weighted by atomic mass is 16.6. The molecule has 2 bridgehead atoms. The number of nitrogens with zero attached hydrogens (tertiary/aromatic N) is 2. The molecule has 0 unspecified atom stereocenters. The van der Waals surface area contributed by atoms with Gasteiger partial charge < -0.3 is 34.3 Å². The Bertz CT molecular complexity index is 1790. The first-order valence-electron chi connectivity index (χ1n) is 12.4. The van der Waals surface area contributed by atoms with E-state index in [0.717, 1.165) is 43.6 Å². The van der Waals surface area contributed by atoms with E-state index in [2.05, 4.69) is 51.0 Å². The molecule has 3 N–H and O–H groups in total. The van der Waals surface area contributed by atoms with Gasteiger partial charge in [-0.05, 0) is 26.1 Å². The Morgan fingerprint density at radius 2 is 1.78 bits per heavy atom. The van der Waals surface area contributed by atoms with Gasteiger partial charge in [0.1, 0.15) is 12.3 Å². The number of aliphatic hydroxyl groups is 1. The molecule has 0 radical (unpaired) electrons. The van der Waals surface area contributed by atoms with E-state index in [9.17, 15) is 9.90 Å². The average Bonchev–Trinajstić information content (AvgIpc) is 3.48. The Morgan fingerprint density at radius 1 is 1.08 bits per heavy atom. The van der Waals surface area contributed by atoms with Crippen LogP contribution >= 0.6 is 0 Å². The first-order valence-corrected chi connectivity index (χ1v) is 12.4. The van der Waals surface area contributed by atoms with E-state index in [4.69, 9.17) is 9.47 Å². The van der Waals surface area contributed by atoms with Gasteiger partial charge in [0.15, 0.2) is 12.0 Å². The van der Waals surface area contributed by atoms with Crippen LogP contribution in [0.15, 0.2) is 48.5 Å². The largest absolute Gasteiger partial charge is 0.375 e. The van der Waals surface area contributed by atoms with Crippen LogP contribution in [0.1, 0.15) is 41.7 Å². The van der Waals surface area contributed by atoms with Gasteiger partial charge in [-0.1, -0.05) is 36.4 Å². The van der Waals surface area contributed by atoms with Gasteiger partial charge in [-0.3, -0.25) is 4.79 Å². The third-order valence-electron chi connectivity index (χ3n) is 8.65. The van der Waals surface area contributed by atoms with Crippen LogP contribution in [0.5, 0.6) is 0 Å². The van der Waals surface area contributed by atoms with Gasteiger partial charge in [-0.2, -0.15) is 0 Å². The number of rotatable bonds is 2. The van der Waals surface area contributed by atoms with Gasteiger partial charge in [0.05, 0.1) is 27.6 Å². The Labute approximate surface area is 206 Å². The minimum Gasteiger partial charge on any atom is -0.375 e. The SMILES string of the molecule is CN[C@@H]1C[C@@H]2O[C@](C)([C@@H]1OC)n1c3ccccc3c3c4c(c5c6ccccc6n2c5c31)C(=O)N[C@H]4O. The quantitative estimate of drug-likeness (QED) is 0.356. The lowest BCUT2D eigenvalue weighted by Gasteiger charge is -2.48. The molecule has 182 valence electrons. The van der Waals surface area contributed by atoms with Crippen molar-refractivity contribution in [1.29, 1.82) is 0 Å². The zero-order valence-electron chi connectivity index (χ0n) is 20.2. The summed E-state index contributed by atoms with van der Waals surface area (Å²) in [4.78, 5) is 13.4. The van der Waals surface area contributed by atoms with E-state index < -0.39 is 12.0 Å². The van der Waals surface area contributed by atoms with E-state index >= 15 is 0 Å². The molecule has 1 saturated heterocycles. The number of carbonyl (C=O) groups is 1. The summed E-state index contributed by atoms with van der Waals surface area (Å²) in [5.74, 6) is -0.249. The number of fused-ring (bicyclic) bond motifs is 13. The predicted molar refractivity (Wildman–Crippen MR) is 137 cm³/mol. The molecule has 36 heavy (non-hydrogen) atoms. The van der Waals surface area contributed by atoms with E-state index in [1.807, 2.05) is 31.3 Å². The van der Waals surface area contributed by atoms with Crippen LogP contribution in [0.4, 0.5) is 0 Å². The van der Waals surface area contributed by atoms with Crippen LogP contribution in [0.2, 0.25) is 0 Å². The molecule has 5 aromatic rings. The first-order chi connectivity index (χ1) is 17.5. The standard InChI is InChI=1S/C28H26N4O4/c1-28-25(35-3)15(29-2)12-18(36-28)31-16-10-6-4-8-13(16)19-21-22(27(34)30-26(21)33)20-14-9-5-7-11-17(14)32(28)24(20)23(19)31/h4-11,15,18,25,27,29,34H,12H2,1-3H3,(H,30,33)/t15-,18+,25-,27+,28-/m1/s1. The highest BCUT2D eigenvalue weighted by Crippen LogP contribution is 2.54. The van der Waals surface area contributed by atoms with Crippen molar-refractivity contribution in [3.63, 3.8) is 0 Å². The van der Waals surface area contributed by atoms with Crippen molar-refractivity contribution in [2.24, 2.45) is 0 Å². The second-order valence-corrected chi connectivity index (χ2v) is 10.3. The van der Waals surface area contributed by atoms with Crippen molar-refractivity contribution in [3.05, 3.63) is 59.7 Å². The van der Waals surface area contributed by atoms with Crippen molar-refractivity contribution in [2.75, 3.05) is 14.2 Å². The number of carbonyl (C=O) groups excluding carboxylic acids is 1. The number of aliphatic hydroxyl groups excluding tert-OH is 1. The number of hydrogen-bond acceptors (Lipinski definition) is 5. The maximum atomic E-state index is 13.4. The first kappa shape index (κ1) is 20.7. The fourth-order valence-corrected chi connectivity index (χ4v) is 7.38. The Balaban J connectivity index is 1.73. The van der Waals surface area contributed by atoms with Crippen LogP contribution in [0.3, 0.4) is 0 Å². The number of aromatic nitrogens is 2. The summed E-state index contributed by atoms with van der Waals surface area (Å²) in [5, 5.41) is 21.1. The molecule has 1 fully saturated rings. The van der Waals surface area contributed by atoms with Crippen LogP contribution in [0, 0.1) is 0 Å². The van der Waals surface area contributed by atoms with E-state index in [1.165, 1.54) is 0 Å². The zero-order valence-corrected chi connectivity index (χ0v) is 20.2. The Morgan fingerprint density at radius 3 is 2.50 bits per heavy atom. The number of likely N-dealkylation sites (N-methyl/N-ethyl adjacent to an activating group) is 1. The summed E-state index contributed by atoms with van der Waals surface area (Å²) in [6.45, 7) is 2.09. The number of methoxy groups -OCH3 is 1. The zero-order chi connectivity index (χ0) is 24.5. The van der Waals surface area contributed by atoms with Crippen molar-refractivity contribution in [3.8, 4) is 0 Å². The molecule has 0 aliphatic carbocycles. The van der Waals surface area contributed by atoms with Crippen molar-refractivity contribution < 1.29 is 19.4 Å². The number of amides is 1. The molecule has 3 aromatic carbocycles. The van der Waals surface area contributed by atoms with Crippen LogP contribution in [-0.4, -0.2) is 46.5 Å². The molecule has 2 aromatic heterocycles. The fourth-order valence-electron chi connectivity index (χ4n) is 7.38. The number of benzene rings is 3. The smallest absolute Gasteiger partial charge is 0.254 e. The van der Waals surface area contributed by atoms with E-state index in [1.54, 1.807) is 7.11 Å². The second kappa shape index (κ2) is 6.66. The lowest BCUT2D eigenvalue weighted by molar-refractivity contribution is -0.256. The topological polar surface area (TPSA) is 89.7 Å². The Kier molecular flexibility index (Phi) is 3.83. The van der Waals surface area contributed by atoms with Gasteiger partial charge in [-0.15, -0.1) is 0 Å². The van der Waals surface area contributed by atoms with E-state index in [0.29, 0.717) is 17.5 Å². The molecule has 5 heterocycles. The predicted octanol–water partition coefficient (Wildman–Crippen LogP) is 3.84. The van der Waals surface area contributed by atoms with Crippen molar-refractivity contribution >= 4 is 49.5 Å². The van der Waals surface area contributed by atoms with Gasteiger partial charge in [0.2, 0.25) is 0 Å². The minimum atomic E-state index is -1.09. The maximum Gasteiger partial charge on any atom is 0.254 e. The average molecular weight is 483 g/mol. The molecule has 0 spiro atoms. The monoisotopic (exact) mass is 482 g/mol. The highest BCUT2D eigenvalue weighted by Gasteiger charge is 2.53. The van der Waals surface area contributed by atoms with Crippen LogP contribution < -0.4 is 10.6 Å². The molecule has 0 saturated carbocycles. The lowest BCUT2D eigenvalue weighted by atomic mass is 9.93. The number of nitrogens with one attached hydrogen (secondary N) is 2. The summed E-state index contributed by atoms with van der Waals surface area (Å²) >= 11 is 0. The third-order valence-corrected chi connectivity index (χ3v) is 8.65. The molecule has 3 aliphatic heterocycles. The van der Waals surface area contributed by atoms with Crippen LogP contribution in [-0.2, 0) is 15.2 Å². The van der Waals surface area contributed by atoms with Crippen molar-refractivity contribution in [2.45, 2.75) is 43.7 Å². The minimum absolute atomic E-state index is 0.0289. The molecular formula is C28H26N4O4. The summed E-state index contributed by atoms with van der Waals surface area (Å²) in [5.41, 5.74) is 4.25. The molecule has 1 amide bonds. The maximum absolute atomic E-state index is 13.4. The normalized spacial score (nSPS) is 28.9. The molecule has 3 aliphatic rings. The summed E-state index contributed by atoms with van der Waals surface area (Å²) in [7, 11) is 3.70. The van der Waals surface area contributed by atoms with Gasteiger partial charge >= 0.3 is 0 Å². The molecule has 8 heteroatoms. The summed E-state index contributed by atoms with van der Waals surface area (Å²) in [6, 6.07) is 16.4.